The second kappa shape index (κ2) is 5.74. The average molecular weight is 246 g/mol. The van der Waals surface area contributed by atoms with Crippen molar-refractivity contribution >= 4 is 0 Å². The van der Waals surface area contributed by atoms with Crippen molar-refractivity contribution < 1.29 is 9.84 Å². The summed E-state index contributed by atoms with van der Waals surface area (Å²) >= 11 is 0. The molecule has 0 spiro atoms. The molecule has 1 fully saturated rings. The number of nitrogens with one attached hydrogen (secondary N) is 1. The van der Waals surface area contributed by atoms with E-state index in [0.29, 0.717) is 12.3 Å². The first-order valence-electron chi connectivity index (χ1n) is 6.24. The quantitative estimate of drug-likeness (QED) is 0.854. The lowest BCUT2D eigenvalue weighted by Crippen LogP contribution is -2.31. The van der Waals surface area contributed by atoms with Crippen molar-refractivity contribution in [3.63, 3.8) is 0 Å². The van der Waals surface area contributed by atoms with Crippen LogP contribution in [0.15, 0.2) is 18.2 Å². The van der Waals surface area contributed by atoms with Crippen molar-refractivity contribution in [2.45, 2.75) is 31.8 Å². The summed E-state index contributed by atoms with van der Waals surface area (Å²) in [6.45, 7) is 0.561. The molecule has 18 heavy (non-hydrogen) atoms. The van der Waals surface area contributed by atoms with Gasteiger partial charge in [-0.3, -0.25) is 0 Å². The Morgan fingerprint density at radius 2 is 2.33 bits per heavy atom. The summed E-state index contributed by atoms with van der Waals surface area (Å²) in [5.74, 6) is 0.759. The highest BCUT2D eigenvalue weighted by Crippen LogP contribution is 2.30. The second-order valence-corrected chi connectivity index (χ2v) is 4.62. The number of benzene rings is 1. The van der Waals surface area contributed by atoms with E-state index in [1.54, 1.807) is 6.07 Å². The fourth-order valence-electron chi connectivity index (χ4n) is 2.48. The van der Waals surface area contributed by atoms with Crippen LogP contribution in [0.5, 0.6) is 11.5 Å². The van der Waals surface area contributed by atoms with Gasteiger partial charge in [-0.25, -0.2) is 0 Å². The average Bonchev–Trinajstić information content (AvgIpc) is 2.85. The van der Waals surface area contributed by atoms with Gasteiger partial charge >= 0.3 is 0 Å². The van der Waals surface area contributed by atoms with Crippen molar-refractivity contribution in [2.24, 2.45) is 5.92 Å². The summed E-state index contributed by atoms with van der Waals surface area (Å²) in [5, 5.41) is 22.3. The van der Waals surface area contributed by atoms with Gasteiger partial charge < -0.3 is 15.2 Å². The zero-order chi connectivity index (χ0) is 13.0. The number of para-hydroxylation sites is 1. The van der Waals surface area contributed by atoms with Gasteiger partial charge in [0, 0.05) is 18.2 Å². The lowest BCUT2D eigenvalue weighted by Gasteiger charge is -2.16. The molecular formula is C14H18N2O2. The smallest absolute Gasteiger partial charge is 0.162 e. The number of hydrogen-bond acceptors (Lipinski definition) is 4. The van der Waals surface area contributed by atoms with Crippen LogP contribution in [0.2, 0.25) is 0 Å². The Morgan fingerprint density at radius 3 is 3.06 bits per heavy atom. The topological polar surface area (TPSA) is 65.3 Å². The summed E-state index contributed by atoms with van der Waals surface area (Å²) in [5.41, 5.74) is 0.804. The molecule has 2 atom stereocenters. The first-order valence-corrected chi connectivity index (χ1v) is 6.24. The zero-order valence-corrected chi connectivity index (χ0v) is 10.5. The number of methoxy groups -OCH3 is 1. The third kappa shape index (κ3) is 2.57. The Balaban J connectivity index is 2.00. The van der Waals surface area contributed by atoms with Crippen molar-refractivity contribution in [3.8, 4) is 17.6 Å². The van der Waals surface area contributed by atoms with Gasteiger partial charge in [-0.1, -0.05) is 18.6 Å². The summed E-state index contributed by atoms with van der Waals surface area (Å²) in [4.78, 5) is 0. The number of hydrogen-bond donors (Lipinski definition) is 2. The molecule has 0 aromatic heterocycles. The highest BCUT2D eigenvalue weighted by molar-refractivity contribution is 5.45. The summed E-state index contributed by atoms with van der Waals surface area (Å²) in [6, 6.07) is 8.02. The Bertz CT molecular complexity index is 454. The first-order chi connectivity index (χ1) is 8.76. The molecule has 1 aromatic rings. The molecule has 0 radical (unpaired) electrons. The lowest BCUT2D eigenvalue weighted by molar-refractivity contribution is 0.367. The van der Waals surface area contributed by atoms with Crippen LogP contribution in [0.25, 0.3) is 0 Å². The largest absolute Gasteiger partial charge is 0.504 e. The zero-order valence-electron chi connectivity index (χ0n) is 10.5. The number of rotatable bonds is 4. The Labute approximate surface area is 107 Å². The molecule has 2 unspecified atom stereocenters. The monoisotopic (exact) mass is 246 g/mol. The molecule has 1 saturated carbocycles. The van der Waals surface area contributed by atoms with E-state index in [0.717, 1.165) is 24.8 Å². The molecule has 2 rings (SSSR count). The standard InChI is InChI=1S/C14H18N2O2/c1-18-13-7-3-5-11(14(13)17)9-16-12-6-2-4-10(12)8-15/h3,5,7,10,12,16-17H,2,4,6,9H2,1H3. The molecule has 4 nitrogen and oxygen atoms in total. The van der Waals surface area contributed by atoms with Gasteiger partial charge in [-0.05, 0) is 18.9 Å². The fourth-order valence-corrected chi connectivity index (χ4v) is 2.48. The Hall–Kier alpha value is -1.73. The maximum atomic E-state index is 9.96. The Morgan fingerprint density at radius 1 is 1.50 bits per heavy atom. The van der Waals surface area contributed by atoms with E-state index in [4.69, 9.17) is 10.00 Å². The van der Waals surface area contributed by atoms with Gasteiger partial charge in [-0.2, -0.15) is 5.26 Å². The molecule has 0 heterocycles. The van der Waals surface area contributed by atoms with Crippen LogP contribution in [-0.2, 0) is 6.54 Å². The van der Waals surface area contributed by atoms with Crippen LogP contribution < -0.4 is 10.1 Å². The van der Waals surface area contributed by atoms with E-state index in [1.165, 1.54) is 7.11 Å². The van der Waals surface area contributed by atoms with E-state index < -0.39 is 0 Å². The number of nitriles is 1. The molecule has 2 N–H and O–H groups in total. The number of ether oxygens (including phenoxy) is 1. The van der Waals surface area contributed by atoms with Crippen molar-refractivity contribution in [2.75, 3.05) is 7.11 Å². The molecule has 1 aliphatic rings. The minimum Gasteiger partial charge on any atom is -0.504 e. The molecule has 1 aliphatic carbocycles. The van der Waals surface area contributed by atoms with Gasteiger partial charge in [0.1, 0.15) is 0 Å². The van der Waals surface area contributed by atoms with Gasteiger partial charge in [0.25, 0.3) is 0 Å². The van der Waals surface area contributed by atoms with Crippen LogP contribution in [0.1, 0.15) is 24.8 Å². The summed E-state index contributed by atoms with van der Waals surface area (Å²) in [7, 11) is 1.54. The second-order valence-electron chi connectivity index (χ2n) is 4.62. The minimum atomic E-state index is 0.0951. The van der Waals surface area contributed by atoms with Crippen molar-refractivity contribution in [1.82, 2.24) is 5.32 Å². The SMILES string of the molecule is COc1cccc(CNC2CCCC2C#N)c1O. The van der Waals surface area contributed by atoms with Crippen LogP contribution in [0.3, 0.4) is 0 Å². The number of phenolic OH excluding ortho intramolecular Hbond substituents is 1. The highest BCUT2D eigenvalue weighted by atomic mass is 16.5. The fraction of sp³-hybridized carbons (Fsp3) is 0.500. The predicted octanol–water partition coefficient (Wildman–Crippen LogP) is 2.18. The summed E-state index contributed by atoms with van der Waals surface area (Å²) in [6.07, 6.45) is 3.10. The van der Waals surface area contributed by atoms with E-state index in [-0.39, 0.29) is 17.7 Å². The predicted molar refractivity (Wildman–Crippen MR) is 68.2 cm³/mol. The van der Waals surface area contributed by atoms with Gasteiger partial charge in [0.2, 0.25) is 0 Å². The molecule has 0 bridgehead atoms. The lowest BCUT2D eigenvalue weighted by atomic mass is 10.1. The van der Waals surface area contributed by atoms with Gasteiger partial charge in [0.15, 0.2) is 11.5 Å². The Kier molecular flexibility index (Phi) is 4.06. The molecule has 0 saturated heterocycles. The first kappa shape index (κ1) is 12.7. The van der Waals surface area contributed by atoms with Crippen LogP contribution in [-0.4, -0.2) is 18.3 Å². The van der Waals surface area contributed by atoms with Crippen LogP contribution in [0.4, 0.5) is 0 Å². The highest BCUT2D eigenvalue weighted by Gasteiger charge is 2.26. The van der Waals surface area contributed by atoms with E-state index in [9.17, 15) is 5.11 Å². The van der Waals surface area contributed by atoms with Crippen LogP contribution >= 0.6 is 0 Å². The number of nitrogens with zero attached hydrogens (tertiary/aromatic N) is 1. The maximum absolute atomic E-state index is 9.96. The van der Waals surface area contributed by atoms with E-state index >= 15 is 0 Å². The van der Waals surface area contributed by atoms with Crippen molar-refractivity contribution in [1.29, 1.82) is 5.26 Å². The maximum Gasteiger partial charge on any atom is 0.162 e. The summed E-state index contributed by atoms with van der Waals surface area (Å²) < 4.78 is 5.07. The van der Waals surface area contributed by atoms with Gasteiger partial charge in [-0.15, -0.1) is 0 Å². The van der Waals surface area contributed by atoms with Crippen LogP contribution in [0, 0.1) is 17.2 Å². The third-order valence-electron chi connectivity index (χ3n) is 3.54. The third-order valence-corrected chi connectivity index (χ3v) is 3.54. The molecule has 96 valence electrons. The molecule has 0 aliphatic heterocycles. The number of phenols is 1. The van der Waals surface area contributed by atoms with E-state index in [1.807, 2.05) is 12.1 Å². The number of aromatic hydroxyl groups is 1. The molecule has 1 aromatic carbocycles. The molecule has 0 amide bonds. The van der Waals surface area contributed by atoms with E-state index in [2.05, 4.69) is 11.4 Å². The van der Waals surface area contributed by atoms with Crippen molar-refractivity contribution in [3.05, 3.63) is 23.8 Å². The van der Waals surface area contributed by atoms with Gasteiger partial charge in [0.05, 0.1) is 19.1 Å². The normalized spacial score (nSPS) is 22.7. The molecular weight excluding hydrogens is 228 g/mol. The minimum absolute atomic E-state index is 0.0951. The molecule has 4 heteroatoms.